The molecule has 0 spiro atoms. The topological polar surface area (TPSA) is 69.6 Å². The molecule has 0 unspecified atom stereocenters. The van der Waals surface area contributed by atoms with E-state index in [1.54, 1.807) is 18.2 Å². The van der Waals surface area contributed by atoms with Crippen LogP contribution in [-0.4, -0.2) is 32.7 Å². The molecule has 1 aliphatic rings. The lowest BCUT2D eigenvalue weighted by Crippen LogP contribution is -2.31. The maximum atomic E-state index is 12.7. The highest BCUT2D eigenvalue weighted by Crippen LogP contribution is 2.37. The molecular formula is C20H16Br2N2O3S2. The highest BCUT2D eigenvalue weighted by atomic mass is 79.9. The summed E-state index contributed by atoms with van der Waals surface area (Å²) in [6.45, 7) is 2.14. The van der Waals surface area contributed by atoms with Crippen LogP contribution in [0.15, 0.2) is 50.2 Å². The number of carbonyl (C=O) groups is 2. The van der Waals surface area contributed by atoms with Crippen molar-refractivity contribution >= 4 is 83.7 Å². The zero-order chi connectivity index (χ0) is 21.1. The average molecular weight is 556 g/mol. The van der Waals surface area contributed by atoms with Gasteiger partial charge in [-0.15, -0.1) is 0 Å². The number of benzene rings is 2. The summed E-state index contributed by atoms with van der Waals surface area (Å²) in [5, 5.41) is 13.0. The molecule has 150 valence electrons. The van der Waals surface area contributed by atoms with Crippen LogP contribution in [0.4, 0.5) is 5.69 Å². The van der Waals surface area contributed by atoms with Gasteiger partial charge < -0.3 is 10.4 Å². The molecule has 1 saturated heterocycles. The fourth-order valence-electron chi connectivity index (χ4n) is 2.69. The second-order valence-corrected chi connectivity index (χ2v) is 9.77. The Bertz CT molecular complexity index is 1040. The Kier molecular flexibility index (Phi) is 7.15. The molecule has 0 aromatic heterocycles. The molecule has 2 amide bonds. The van der Waals surface area contributed by atoms with E-state index in [4.69, 9.17) is 12.2 Å². The predicted molar refractivity (Wildman–Crippen MR) is 128 cm³/mol. The summed E-state index contributed by atoms with van der Waals surface area (Å²) in [7, 11) is 0. The van der Waals surface area contributed by atoms with E-state index < -0.39 is 0 Å². The standard InChI is InChI=1S/C20H16Br2N2O3S2/c1-11-3-2-4-14(7-11)23-17(25)5-6-24-19(27)16(29-20(24)28)9-12-8-13(21)10-15(22)18(12)26/h2-4,7-10,26H,5-6H2,1H3,(H,23,25)/b16-9-. The number of halogens is 2. The zero-order valence-electron chi connectivity index (χ0n) is 15.2. The molecule has 1 aliphatic heterocycles. The zero-order valence-corrected chi connectivity index (χ0v) is 20.0. The summed E-state index contributed by atoms with van der Waals surface area (Å²) in [4.78, 5) is 26.8. The molecule has 5 nitrogen and oxygen atoms in total. The third kappa shape index (κ3) is 5.48. The first-order valence-electron chi connectivity index (χ1n) is 8.54. The Morgan fingerprint density at radius 1 is 1.31 bits per heavy atom. The number of hydrogen-bond donors (Lipinski definition) is 2. The molecule has 1 heterocycles. The highest BCUT2D eigenvalue weighted by molar-refractivity contribution is 9.11. The van der Waals surface area contributed by atoms with Crippen LogP contribution in [0.5, 0.6) is 5.75 Å². The Hall–Kier alpha value is -1.68. The molecule has 0 aliphatic carbocycles. The van der Waals surface area contributed by atoms with Gasteiger partial charge in [0.2, 0.25) is 5.91 Å². The van der Waals surface area contributed by atoms with Crippen LogP contribution in [0.25, 0.3) is 6.08 Å². The summed E-state index contributed by atoms with van der Waals surface area (Å²) in [5.74, 6) is -0.433. The molecule has 2 N–H and O–H groups in total. The number of thioether (sulfide) groups is 1. The van der Waals surface area contributed by atoms with Crippen LogP contribution in [-0.2, 0) is 9.59 Å². The number of phenols is 1. The summed E-state index contributed by atoms with van der Waals surface area (Å²) in [5.41, 5.74) is 2.26. The van der Waals surface area contributed by atoms with Crippen molar-refractivity contribution in [3.63, 3.8) is 0 Å². The van der Waals surface area contributed by atoms with Crippen molar-refractivity contribution in [2.24, 2.45) is 0 Å². The van der Waals surface area contributed by atoms with Gasteiger partial charge in [0.1, 0.15) is 10.1 Å². The minimum atomic E-state index is -0.279. The summed E-state index contributed by atoms with van der Waals surface area (Å²) in [6.07, 6.45) is 1.72. The Morgan fingerprint density at radius 3 is 2.79 bits per heavy atom. The van der Waals surface area contributed by atoms with Gasteiger partial charge in [0.05, 0.1) is 9.38 Å². The van der Waals surface area contributed by atoms with Crippen LogP contribution >= 0.6 is 55.8 Å². The fraction of sp³-hybridized carbons (Fsp3) is 0.150. The molecular weight excluding hydrogens is 540 g/mol. The van der Waals surface area contributed by atoms with E-state index in [2.05, 4.69) is 37.2 Å². The SMILES string of the molecule is Cc1cccc(NC(=O)CCN2C(=O)/C(=C/c3cc(Br)cc(Br)c3O)SC2=S)c1. The normalized spacial score (nSPS) is 15.3. The summed E-state index contributed by atoms with van der Waals surface area (Å²) in [6, 6.07) is 10.9. The van der Waals surface area contributed by atoms with Gasteiger partial charge in [0.25, 0.3) is 5.91 Å². The maximum Gasteiger partial charge on any atom is 0.266 e. The van der Waals surface area contributed by atoms with Crippen molar-refractivity contribution < 1.29 is 14.7 Å². The first-order valence-corrected chi connectivity index (χ1v) is 11.4. The lowest BCUT2D eigenvalue weighted by molar-refractivity contribution is -0.122. The highest BCUT2D eigenvalue weighted by Gasteiger charge is 2.32. The average Bonchev–Trinajstić information content (AvgIpc) is 2.90. The molecule has 3 rings (SSSR count). The largest absolute Gasteiger partial charge is 0.506 e. The fourth-order valence-corrected chi connectivity index (χ4v) is 5.25. The number of thiocarbonyl (C=S) groups is 1. The lowest BCUT2D eigenvalue weighted by atomic mass is 10.2. The number of hydrogen-bond acceptors (Lipinski definition) is 5. The van der Waals surface area contributed by atoms with Crippen molar-refractivity contribution in [3.05, 3.63) is 61.4 Å². The second kappa shape index (κ2) is 9.42. The van der Waals surface area contributed by atoms with Gasteiger partial charge >= 0.3 is 0 Å². The molecule has 0 bridgehead atoms. The summed E-state index contributed by atoms with van der Waals surface area (Å²) < 4.78 is 1.66. The number of nitrogens with zero attached hydrogens (tertiary/aromatic N) is 1. The van der Waals surface area contributed by atoms with E-state index in [1.165, 1.54) is 4.90 Å². The van der Waals surface area contributed by atoms with E-state index in [0.717, 1.165) is 27.5 Å². The quantitative estimate of drug-likeness (QED) is 0.379. The molecule has 1 fully saturated rings. The number of nitrogens with one attached hydrogen (secondary N) is 1. The number of anilines is 1. The van der Waals surface area contributed by atoms with E-state index in [-0.39, 0.29) is 30.5 Å². The van der Waals surface area contributed by atoms with Crippen LogP contribution in [0, 0.1) is 6.92 Å². The van der Waals surface area contributed by atoms with E-state index in [0.29, 0.717) is 19.3 Å². The van der Waals surface area contributed by atoms with Crippen molar-refractivity contribution in [2.75, 3.05) is 11.9 Å². The molecule has 0 saturated carbocycles. The number of phenolic OH excluding ortho intramolecular Hbond substituents is 1. The van der Waals surface area contributed by atoms with Crippen LogP contribution in [0.3, 0.4) is 0 Å². The Labute approximate surface area is 194 Å². The monoisotopic (exact) mass is 554 g/mol. The van der Waals surface area contributed by atoms with E-state index >= 15 is 0 Å². The van der Waals surface area contributed by atoms with Crippen molar-refractivity contribution in [2.45, 2.75) is 13.3 Å². The number of amides is 2. The van der Waals surface area contributed by atoms with Crippen molar-refractivity contribution in [3.8, 4) is 5.75 Å². The minimum Gasteiger partial charge on any atom is -0.506 e. The van der Waals surface area contributed by atoms with Crippen LogP contribution in [0.1, 0.15) is 17.5 Å². The number of carbonyl (C=O) groups excluding carboxylic acids is 2. The van der Waals surface area contributed by atoms with Gasteiger partial charge in [-0.25, -0.2) is 0 Å². The lowest BCUT2D eigenvalue weighted by Gasteiger charge is -2.14. The van der Waals surface area contributed by atoms with Crippen molar-refractivity contribution in [1.29, 1.82) is 0 Å². The molecule has 0 atom stereocenters. The van der Waals surface area contributed by atoms with Gasteiger partial charge in [-0.05, 0) is 58.8 Å². The smallest absolute Gasteiger partial charge is 0.266 e. The van der Waals surface area contributed by atoms with Gasteiger partial charge in [0, 0.05) is 28.7 Å². The maximum absolute atomic E-state index is 12.7. The van der Waals surface area contributed by atoms with Crippen LogP contribution in [0.2, 0.25) is 0 Å². The summed E-state index contributed by atoms with van der Waals surface area (Å²) >= 11 is 13.1. The predicted octanol–water partition coefficient (Wildman–Crippen LogP) is 5.46. The number of rotatable bonds is 5. The minimum absolute atomic E-state index is 0.0380. The number of aryl methyl sites for hydroxylation is 1. The Balaban J connectivity index is 1.67. The second-order valence-electron chi connectivity index (χ2n) is 6.33. The van der Waals surface area contributed by atoms with E-state index in [9.17, 15) is 14.7 Å². The van der Waals surface area contributed by atoms with E-state index in [1.807, 2.05) is 31.2 Å². The molecule has 9 heteroatoms. The van der Waals surface area contributed by atoms with Gasteiger partial charge in [-0.3, -0.25) is 14.5 Å². The third-order valence-corrected chi connectivity index (χ3v) is 6.52. The van der Waals surface area contributed by atoms with Crippen LogP contribution < -0.4 is 5.32 Å². The van der Waals surface area contributed by atoms with Gasteiger partial charge in [0.15, 0.2) is 0 Å². The number of aromatic hydroxyl groups is 1. The van der Waals surface area contributed by atoms with Gasteiger partial charge in [-0.1, -0.05) is 52.0 Å². The van der Waals surface area contributed by atoms with Gasteiger partial charge in [-0.2, -0.15) is 0 Å². The van der Waals surface area contributed by atoms with Crippen molar-refractivity contribution in [1.82, 2.24) is 4.90 Å². The third-order valence-electron chi connectivity index (χ3n) is 4.08. The molecule has 29 heavy (non-hydrogen) atoms. The molecule has 2 aromatic rings. The first-order chi connectivity index (χ1) is 13.7. The molecule has 0 radical (unpaired) electrons. The molecule has 2 aromatic carbocycles. The Morgan fingerprint density at radius 2 is 2.07 bits per heavy atom. The first kappa shape index (κ1) is 22.0.